The second-order valence-corrected chi connectivity index (χ2v) is 7.75. The van der Waals surface area contributed by atoms with E-state index in [0.717, 1.165) is 33.9 Å². The van der Waals surface area contributed by atoms with Crippen LogP contribution in [0.3, 0.4) is 0 Å². The van der Waals surface area contributed by atoms with Crippen molar-refractivity contribution in [1.29, 1.82) is 0 Å². The lowest BCUT2D eigenvalue weighted by atomic mass is 10.1. The van der Waals surface area contributed by atoms with Crippen LogP contribution >= 0.6 is 0 Å². The minimum atomic E-state index is -0.946. The number of carboxylic acid groups (broad SMARTS) is 1. The fourth-order valence-corrected chi connectivity index (χ4v) is 3.37. The molecule has 0 aliphatic heterocycles. The molecule has 0 saturated carbocycles. The Hall–Kier alpha value is -4.59. The SMILES string of the molecule is COc1cc(/C=C/c2ccc(OCc3cn(Cc4ccc(C(=O)O)cc4)nn3)cc2)cc(OC)c1. The first-order valence-electron chi connectivity index (χ1n) is 10.9. The highest BCUT2D eigenvalue weighted by Crippen LogP contribution is 2.24. The lowest BCUT2D eigenvalue weighted by Gasteiger charge is -2.06. The molecular weight excluding hydrogens is 446 g/mol. The van der Waals surface area contributed by atoms with Crippen LogP contribution < -0.4 is 14.2 Å². The minimum absolute atomic E-state index is 0.253. The van der Waals surface area contributed by atoms with Crippen molar-refractivity contribution in [2.24, 2.45) is 0 Å². The molecule has 1 aromatic heterocycles. The van der Waals surface area contributed by atoms with Gasteiger partial charge in [-0.15, -0.1) is 5.10 Å². The summed E-state index contributed by atoms with van der Waals surface area (Å²) < 4.78 is 18.1. The zero-order valence-corrected chi connectivity index (χ0v) is 19.4. The van der Waals surface area contributed by atoms with E-state index in [1.165, 1.54) is 0 Å². The highest BCUT2D eigenvalue weighted by atomic mass is 16.5. The van der Waals surface area contributed by atoms with Crippen LogP contribution in [0.1, 0.15) is 32.7 Å². The summed E-state index contributed by atoms with van der Waals surface area (Å²) in [5, 5.41) is 17.3. The molecule has 0 radical (unpaired) electrons. The highest BCUT2D eigenvalue weighted by molar-refractivity contribution is 5.87. The first-order chi connectivity index (χ1) is 17.0. The van der Waals surface area contributed by atoms with Gasteiger partial charge in [-0.05, 0) is 53.1 Å². The Morgan fingerprint density at radius 2 is 1.54 bits per heavy atom. The summed E-state index contributed by atoms with van der Waals surface area (Å²) in [4.78, 5) is 11.0. The monoisotopic (exact) mass is 471 g/mol. The van der Waals surface area contributed by atoms with Crippen molar-refractivity contribution < 1.29 is 24.1 Å². The molecule has 4 rings (SSSR count). The van der Waals surface area contributed by atoms with E-state index in [4.69, 9.17) is 19.3 Å². The first kappa shape index (κ1) is 23.6. The number of hydrogen-bond donors (Lipinski definition) is 1. The Morgan fingerprint density at radius 1 is 0.886 bits per heavy atom. The molecule has 0 fully saturated rings. The number of ether oxygens (including phenoxy) is 3. The van der Waals surface area contributed by atoms with E-state index in [2.05, 4.69) is 10.3 Å². The predicted molar refractivity (Wildman–Crippen MR) is 132 cm³/mol. The molecule has 8 nitrogen and oxygen atoms in total. The number of aromatic nitrogens is 3. The standard InChI is InChI=1S/C27H25N3O5/c1-33-25-13-21(14-26(15-25)34-2)4-3-19-7-11-24(12-8-19)35-18-23-17-30(29-28-23)16-20-5-9-22(10-6-20)27(31)32/h3-15,17H,16,18H2,1-2H3,(H,31,32)/b4-3+. The fourth-order valence-electron chi connectivity index (χ4n) is 3.37. The Labute approximate surface area is 203 Å². The van der Waals surface area contributed by atoms with E-state index in [1.54, 1.807) is 43.2 Å². The summed E-state index contributed by atoms with van der Waals surface area (Å²) in [6.07, 6.45) is 5.81. The zero-order valence-electron chi connectivity index (χ0n) is 19.4. The molecule has 8 heteroatoms. The lowest BCUT2D eigenvalue weighted by molar-refractivity contribution is 0.0697. The second kappa shape index (κ2) is 11.0. The quantitative estimate of drug-likeness (QED) is 0.332. The maximum Gasteiger partial charge on any atom is 0.335 e. The number of carbonyl (C=O) groups is 1. The van der Waals surface area contributed by atoms with E-state index in [9.17, 15) is 4.79 Å². The van der Waals surface area contributed by atoms with Crippen molar-refractivity contribution in [3.05, 3.63) is 101 Å². The largest absolute Gasteiger partial charge is 0.497 e. The maximum atomic E-state index is 11.0. The van der Waals surface area contributed by atoms with Crippen molar-refractivity contribution in [2.45, 2.75) is 13.2 Å². The van der Waals surface area contributed by atoms with Crippen LogP contribution in [0, 0.1) is 0 Å². The van der Waals surface area contributed by atoms with Gasteiger partial charge >= 0.3 is 5.97 Å². The number of hydrogen-bond acceptors (Lipinski definition) is 6. The van der Waals surface area contributed by atoms with Gasteiger partial charge < -0.3 is 19.3 Å². The molecule has 0 unspecified atom stereocenters. The Balaban J connectivity index is 1.31. The van der Waals surface area contributed by atoms with Gasteiger partial charge in [-0.25, -0.2) is 9.48 Å². The molecule has 35 heavy (non-hydrogen) atoms. The zero-order chi connectivity index (χ0) is 24.6. The van der Waals surface area contributed by atoms with Gasteiger partial charge in [0.05, 0.1) is 32.5 Å². The number of nitrogens with zero attached hydrogens (tertiary/aromatic N) is 3. The van der Waals surface area contributed by atoms with Crippen LogP contribution in [-0.4, -0.2) is 40.3 Å². The molecule has 178 valence electrons. The maximum absolute atomic E-state index is 11.0. The third kappa shape index (κ3) is 6.48. The molecule has 0 aliphatic rings. The summed E-state index contributed by atoms with van der Waals surface area (Å²) in [6.45, 7) is 0.782. The third-order valence-electron chi connectivity index (χ3n) is 5.24. The van der Waals surface area contributed by atoms with E-state index >= 15 is 0 Å². The van der Waals surface area contributed by atoms with Gasteiger partial charge in [0.25, 0.3) is 0 Å². The average molecular weight is 472 g/mol. The van der Waals surface area contributed by atoms with Crippen molar-refractivity contribution in [2.75, 3.05) is 14.2 Å². The number of methoxy groups -OCH3 is 2. The number of benzene rings is 3. The van der Waals surface area contributed by atoms with Crippen molar-refractivity contribution in [1.82, 2.24) is 15.0 Å². The second-order valence-electron chi connectivity index (χ2n) is 7.75. The Morgan fingerprint density at radius 3 is 2.17 bits per heavy atom. The van der Waals surface area contributed by atoms with Gasteiger partial charge in [-0.1, -0.05) is 41.6 Å². The van der Waals surface area contributed by atoms with Crippen LogP contribution in [-0.2, 0) is 13.2 Å². The minimum Gasteiger partial charge on any atom is -0.497 e. The summed E-state index contributed by atoms with van der Waals surface area (Å²) >= 11 is 0. The van der Waals surface area contributed by atoms with Gasteiger partial charge in [-0.3, -0.25) is 0 Å². The van der Waals surface area contributed by atoms with Gasteiger partial charge in [-0.2, -0.15) is 0 Å². The number of carboxylic acids is 1. The predicted octanol–water partition coefficient (Wildman–Crippen LogP) is 4.79. The highest BCUT2D eigenvalue weighted by Gasteiger charge is 2.06. The van der Waals surface area contributed by atoms with Gasteiger partial charge in [0.2, 0.25) is 0 Å². The van der Waals surface area contributed by atoms with Crippen LogP contribution in [0.25, 0.3) is 12.2 Å². The number of rotatable bonds is 10. The molecule has 0 bridgehead atoms. The molecule has 0 aliphatic carbocycles. The van der Waals surface area contributed by atoms with Crippen LogP contribution in [0.5, 0.6) is 17.2 Å². The van der Waals surface area contributed by atoms with Crippen molar-refractivity contribution in [3.63, 3.8) is 0 Å². The molecular formula is C27H25N3O5. The molecule has 0 saturated heterocycles. The molecule has 0 amide bonds. The van der Waals surface area contributed by atoms with Gasteiger partial charge in [0.1, 0.15) is 29.5 Å². The third-order valence-corrected chi connectivity index (χ3v) is 5.24. The average Bonchev–Trinajstić information content (AvgIpc) is 3.34. The summed E-state index contributed by atoms with van der Waals surface area (Å²) in [6, 6.07) is 20.1. The van der Waals surface area contributed by atoms with E-state index in [0.29, 0.717) is 12.2 Å². The van der Waals surface area contributed by atoms with E-state index in [1.807, 2.05) is 60.8 Å². The Kier molecular flexibility index (Phi) is 7.42. The molecule has 1 N–H and O–H groups in total. The van der Waals surface area contributed by atoms with Crippen LogP contribution in [0.4, 0.5) is 0 Å². The van der Waals surface area contributed by atoms with Gasteiger partial charge in [0, 0.05) is 6.07 Å². The topological polar surface area (TPSA) is 95.7 Å². The summed E-state index contributed by atoms with van der Waals surface area (Å²) in [7, 11) is 3.26. The van der Waals surface area contributed by atoms with E-state index < -0.39 is 5.97 Å². The van der Waals surface area contributed by atoms with Crippen molar-refractivity contribution in [3.8, 4) is 17.2 Å². The molecule has 4 aromatic rings. The van der Waals surface area contributed by atoms with Crippen LogP contribution in [0.2, 0.25) is 0 Å². The number of aromatic carboxylic acids is 1. The van der Waals surface area contributed by atoms with E-state index in [-0.39, 0.29) is 12.2 Å². The van der Waals surface area contributed by atoms with Gasteiger partial charge in [0.15, 0.2) is 0 Å². The normalized spacial score (nSPS) is 10.9. The molecule has 0 atom stereocenters. The summed E-state index contributed by atoms with van der Waals surface area (Å²) in [5.74, 6) is 1.25. The molecule has 0 spiro atoms. The van der Waals surface area contributed by atoms with Crippen LogP contribution in [0.15, 0.2) is 72.9 Å². The molecule has 3 aromatic carbocycles. The first-order valence-corrected chi connectivity index (χ1v) is 10.9. The lowest BCUT2D eigenvalue weighted by Crippen LogP contribution is -2.02. The fraction of sp³-hybridized carbons (Fsp3) is 0.148. The Bertz CT molecular complexity index is 1290. The van der Waals surface area contributed by atoms with Crippen molar-refractivity contribution >= 4 is 18.1 Å². The smallest absolute Gasteiger partial charge is 0.335 e. The molecule has 1 heterocycles. The summed E-state index contributed by atoms with van der Waals surface area (Å²) in [5.41, 5.74) is 3.89.